The summed E-state index contributed by atoms with van der Waals surface area (Å²) in [5.74, 6) is 0.579. The van der Waals surface area contributed by atoms with Gasteiger partial charge in [-0.2, -0.15) is 0 Å². The second-order valence-electron chi connectivity index (χ2n) is 6.35. The maximum absolute atomic E-state index is 6.01. The fourth-order valence-corrected chi connectivity index (χ4v) is 2.29. The Balaban J connectivity index is 2.97. The quantitative estimate of drug-likeness (QED) is 0.841. The van der Waals surface area contributed by atoms with Crippen molar-refractivity contribution in [1.82, 2.24) is 4.90 Å². The summed E-state index contributed by atoms with van der Waals surface area (Å²) in [7, 11) is 2.18. The molecule has 0 saturated heterocycles. The fourth-order valence-electron chi connectivity index (χ4n) is 2.29. The molecule has 0 spiro atoms. The maximum atomic E-state index is 6.01. The summed E-state index contributed by atoms with van der Waals surface area (Å²) in [6.07, 6.45) is 1.12. The molecule has 2 heteroatoms. The summed E-state index contributed by atoms with van der Waals surface area (Å²) in [6, 6.07) is 9.21. The van der Waals surface area contributed by atoms with Crippen molar-refractivity contribution >= 4 is 0 Å². The molecule has 2 N–H and O–H groups in total. The fraction of sp³-hybridized carbons (Fsp3) is 0.647. The molecule has 1 aromatic rings. The molecule has 0 aromatic heterocycles. The van der Waals surface area contributed by atoms with E-state index in [2.05, 4.69) is 70.8 Å². The second kappa shape index (κ2) is 6.53. The van der Waals surface area contributed by atoms with Gasteiger partial charge in [-0.15, -0.1) is 0 Å². The van der Waals surface area contributed by atoms with Crippen molar-refractivity contribution in [1.29, 1.82) is 0 Å². The first-order chi connectivity index (χ1) is 8.83. The molecule has 19 heavy (non-hydrogen) atoms. The molecule has 108 valence electrons. The van der Waals surface area contributed by atoms with E-state index in [0.717, 1.165) is 6.42 Å². The Labute approximate surface area is 119 Å². The predicted octanol–water partition coefficient (Wildman–Crippen LogP) is 3.93. The number of hydrogen-bond acceptors (Lipinski definition) is 2. The lowest BCUT2D eigenvalue weighted by Crippen LogP contribution is -2.45. The van der Waals surface area contributed by atoms with Gasteiger partial charge in [-0.25, -0.2) is 0 Å². The van der Waals surface area contributed by atoms with Crippen LogP contribution in [0.15, 0.2) is 24.3 Å². The van der Waals surface area contributed by atoms with Gasteiger partial charge in [0.05, 0.1) is 0 Å². The van der Waals surface area contributed by atoms with Crippen LogP contribution in [-0.2, 0) is 0 Å². The van der Waals surface area contributed by atoms with Crippen molar-refractivity contribution in [2.45, 2.75) is 58.5 Å². The highest BCUT2D eigenvalue weighted by molar-refractivity contribution is 5.27. The Hall–Kier alpha value is -0.860. The van der Waals surface area contributed by atoms with Gasteiger partial charge in [-0.3, -0.25) is 4.90 Å². The van der Waals surface area contributed by atoms with Crippen LogP contribution in [0.2, 0.25) is 0 Å². The highest BCUT2D eigenvalue weighted by atomic mass is 15.2. The molecule has 0 heterocycles. The molecule has 0 aliphatic heterocycles. The van der Waals surface area contributed by atoms with Gasteiger partial charge >= 0.3 is 0 Å². The van der Waals surface area contributed by atoms with Crippen LogP contribution >= 0.6 is 0 Å². The van der Waals surface area contributed by atoms with Gasteiger partial charge in [0.1, 0.15) is 0 Å². The van der Waals surface area contributed by atoms with Crippen molar-refractivity contribution in [3.8, 4) is 0 Å². The minimum atomic E-state index is 0.167. The highest BCUT2D eigenvalue weighted by Gasteiger charge is 2.28. The van der Waals surface area contributed by atoms with Crippen LogP contribution in [0.3, 0.4) is 0 Å². The Morgan fingerprint density at radius 3 is 1.95 bits per heavy atom. The molecule has 0 aliphatic carbocycles. The smallest absolute Gasteiger partial charge is 0.0472 e. The zero-order valence-electron chi connectivity index (χ0n) is 13.4. The average Bonchev–Trinajstić information content (AvgIpc) is 2.40. The van der Waals surface area contributed by atoms with Gasteiger partial charge in [0.25, 0.3) is 0 Å². The summed E-state index contributed by atoms with van der Waals surface area (Å²) >= 11 is 0. The molecule has 1 unspecified atom stereocenters. The van der Waals surface area contributed by atoms with E-state index in [1.54, 1.807) is 0 Å². The van der Waals surface area contributed by atoms with Gasteiger partial charge in [-0.1, -0.05) is 45.0 Å². The van der Waals surface area contributed by atoms with Crippen LogP contribution in [0.25, 0.3) is 0 Å². The number of hydrogen-bond donors (Lipinski definition) is 1. The number of nitrogens with zero attached hydrogens (tertiary/aromatic N) is 1. The predicted molar refractivity (Wildman–Crippen MR) is 84.5 cm³/mol. The Morgan fingerprint density at radius 1 is 1.11 bits per heavy atom. The molecule has 1 aromatic carbocycles. The third kappa shape index (κ3) is 3.80. The number of benzene rings is 1. The van der Waals surface area contributed by atoms with E-state index < -0.39 is 0 Å². The molecule has 0 fully saturated rings. The van der Waals surface area contributed by atoms with Crippen LogP contribution in [0, 0.1) is 0 Å². The van der Waals surface area contributed by atoms with E-state index in [4.69, 9.17) is 5.73 Å². The van der Waals surface area contributed by atoms with Crippen molar-refractivity contribution in [2.24, 2.45) is 5.73 Å². The minimum Gasteiger partial charge on any atom is -0.329 e. The lowest BCUT2D eigenvalue weighted by atomic mass is 9.93. The molecule has 2 nitrogen and oxygen atoms in total. The normalized spacial score (nSPS) is 14.2. The molecule has 0 bridgehead atoms. The summed E-state index contributed by atoms with van der Waals surface area (Å²) in [5, 5.41) is 0. The van der Waals surface area contributed by atoms with Gasteiger partial charge in [0.15, 0.2) is 0 Å². The minimum absolute atomic E-state index is 0.167. The average molecular weight is 262 g/mol. The van der Waals surface area contributed by atoms with Gasteiger partial charge in [0.2, 0.25) is 0 Å². The van der Waals surface area contributed by atoms with Gasteiger partial charge in [-0.05, 0) is 44.4 Å². The summed E-state index contributed by atoms with van der Waals surface area (Å²) in [5.41, 5.74) is 8.88. The van der Waals surface area contributed by atoms with E-state index >= 15 is 0 Å². The van der Waals surface area contributed by atoms with E-state index in [-0.39, 0.29) is 11.6 Å². The molecule has 0 amide bonds. The van der Waals surface area contributed by atoms with E-state index in [9.17, 15) is 0 Å². The highest BCUT2D eigenvalue weighted by Crippen LogP contribution is 2.28. The first-order valence-electron chi connectivity index (χ1n) is 7.36. The summed E-state index contributed by atoms with van der Waals surface area (Å²) in [6.45, 7) is 11.9. The molecule has 0 saturated carbocycles. The Bertz CT molecular complexity index is 379. The third-order valence-corrected chi connectivity index (χ3v) is 4.50. The Morgan fingerprint density at radius 2 is 1.58 bits per heavy atom. The SMILES string of the molecule is CCC(C)(C)N(C)C(CN)c1ccc(C(C)C)cc1. The van der Waals surface area contributed by atoms with Gasteiger partial charge in [0, 0.05) is 18.1 Å². The zero-order chi connectivity index (χ0) is 14.6. The van der Waals surface area contributed by atoms with Crippen molar-refractivity contribution in [2.75, 3.05) is 13.6 Å². The standard InChI is InChI=1S/C17H30N2/c1-7-17(4,5)19(6)16(12-18)15-10-8-14(9-11-15)13(2)3/h8-11,13,16H,7,12,18H2,1-6H3. The third-order valence-electron chi connectivity index (χ3n) is 4.50. The van der Waals surface area contributed by atoms with Gasteiger partial charge < -0.3 is 5.73 Å². The molecule has 1 rings (SSSR count). The largest absolute Gasteiger partial charge is 0.329 e. The second-order valence-corrected chi connectivity index (χ2v) is 6.35. The van der Waals surface area contributed by atoms with Crippen molar-refractivity contribution in [3.05, 3.63) is 35.4 Å². The van der Waals surface area contributed by atoms with Crippen molar-refractivity contribution < 1.29 is 0 Å². The monoisotopic (exact) mass is 262 g/mol. The number of likely N-dealkylation sites (N-methyl/N-ethyl adjacent to an activating group) is 1. The molecular weight excluding hydrogens is 232 g/mol. The first-order valence-corrected chi connectivity index (χ1v) is 7.36. The molecule has 0 radical (unpaired) electrons. The first kappa shape index (κ1) is 16.2. The van der Waals surface area contributed by atoms with Crippen LogP contribution in [-0.4, -0.2) is 24.0 Å². The van der Waals surface area contributed by atoms with Crippen LogP contribution in [0.4, 0.5) is 0 Å². The maximum Gasteiger partial charge on any atom is 0.0472 e. The molecular formula is C17H30N2. The van der Waals surface area contributed by atoms with Crippen LogP contribution in [0.5, 0.6) is 0 Å². The Kier molecular flexibility index (Phi) is 5.57. The van der Waals surface area contributed by atoms with Crippen molar-refractivity contribution in [3.63, 3.8) is 0 Å². The molecule has 1 atom stereocenters. The van der Waals surface area contributed by atoms with E-state index in [1.807, 2.05) is 0 Å². The number of rotatable bonds is 6. The summed E-state index contributed by atoms with van der Waals surface area (Å²) in [4.78, 5) is 2.40. The van der Waals surface area contributed by atoms with E-state index in [1.165, 1.54) is 11.1 Å². The van der Waals surface area contributed by atoms with E-state index in [0.29, 0.717) is 12.5 Å². The molecule has 0 aliphatic rings. The lowest BCUT2D eigenvalue weighted by molar-refractivity contribution is 0.100. The van der Waals surface area contributed by atoms with Crippen LogP contribution in [0.1, 0.15) is 64.1 Å². The zero-order valence-corrected chi connectivity index (χ0v) is 13.4. The van der Waals surface area contributed by atoms with Crippen LogP contribution < -0.4 is 5.73 Å². The number of nitrogens with two attached hydrogens (primary N) is 1. The summed E-state index contributed by atoms with van der Waals surface area (Å²) < 4.78 is 0. The topological polar surface area (TPSA) is 29.3 Å². The lowest BCUT2D eigenvalue weighted by Gasteiger charge is -2.40.